The molecule has 2 heterocycles. The molecule has 0 bridgehead atoms. The minimum atomic E-state index is -0.0710. The number of hydrogen-bond donors (Lipinski definition) is 1. The lowest BCUT2D eigenvalue weighted by atomic mass is 10.2. The number of aromatic nitrogens is 1. The number of hydrogen-bond acceptors (Lipinski definition) is 4. The van der Waals surface area contributed by atoms with Gasteiger partial charge in [-0.3, -0.25) is 9.78 Å². The smallest absolute Gasteiger partial charge is 0.272 e. The standard InChI is InChI=1S/C13H15N3OS/c1-14-11-3-5-15-12(7-11)13(17)16(2)8-10-4-6-18-9-10/h3-7,9H,8H2,1-2H3,(H,14,15). The van der Waals surface area contributed by atoms with Crippen molar-refractivity contribution in [2.75, 3.05) is 19.4 Å². The van der Waals surface area contributed by atoms with Gasteiger partial charge in [0.05, 0.1) is 0 Å². The maximum absolute atomic E-state index is 12.2. The predicted octanol–water partition coefficient (Wildman–Crippen LogP) is 2.46. The molecule has 0 unspecified atom stereocenters. The zero-order valence-corrected chi connectivity index (χ0v) is 11.2. The highest BCUT2D eigenvalue weighted by molar-refractivity contribution is 7.07. The van der Waals surface area contributed by atoms with E-state index in [2.05, 4.69) is 10.3 Å². The maximum Gasteiger partial charge on any atom is 0.272 e. The lowest BCUT2D eigenvalue weighted by molar-refractivity contribution is 0.0779. The number of amides is 1. The van der Waals surface area contributed by atoms with Crippen LogP contribution in [0.15, 0.2) is 35.2 Å². The molecule has 0 aliphatic heterocycles. The average Bonchev–Trinajstić information content (AvgIpc) is 2.90. The van der Waals surface area contributed by atoms with E-state index in [0.717, 1.165) is 11.3 Å². The molecule has 1 N–H and O–H groups in total. The Morgan fingerprint density at radius 3 is 3.00 bits per heavy atom. The first kappa shape index (κ1) is 12.6. The number of pyridine rings is 1. The van der Waals surface area contributed by atoms with Gasteiger partial charge < -0.3 is 10.2 Å². The van der Waals surface area contributed by atoms with Crippen molar-refractivity contribution in [1.82, 2.24) is 9.88 Å². The van der Waals surface area contributed by atoms with Gasteiger partial charge in [0.1, 0.15) is 5.69 Å². The Labute approximate surface area is 110 Å². The van der Waals surface area contributed by atoms with E-state index in [-0.39, 0.29) is 5.91 Å². The van der Waals surface area contributed by atoms with Crippen molar-refractivity contribution in [2.24, 2.45) is 0 Å². The first-order chi connectivity index (χ1) is 8.70. The highest BCUT2D eigenvalue weighted by Crippen LogP contribution is 2.12. The highest BCUT2D eigenvalue weighted by Gasteiger charge is 2.13. The molecule has 0 aromatic carbocycles. The van der Waals surface area contributed by atoms with Crippen molar-refractivity contribution in [2.45, 2.75) is 6.54 Å². The van der Waals surface area contributed by atoms with E-state index < -0.39 is 0 Å². The number of rotatable bonds is 4. The van der Waals surface area contributed by atoms with Gasteiger partial charge in [-0.2, -0.15) is 11.3 Å². The topological polar surface area (TPSA) is 45.2 Å². The number of carbonyl (C=O) groups excluding carboxylic acids is 1. The van der Waals surface area contributed by atoms with Crippen LogP contribution in [0, 0.1) is 0 Å². The lowest BCUT2D eigenvalue weighted by Gasteiger charge is -2.16. The molecule has 0 saturated heterocycles. The van der Waals surface area contributed by atoms with E-state index in [9.17, 15) is 4.79 Å². The van der Waals surface area contributed by atoms with Crippen LogP contribution in [-0.4, -0.2) is 29.9 Å². The molecule has 0 spiro atoms. The molecule has 0 saturated carbocycles. The van der Waals surface area contributed by atoms with Crippen molar-refractivity contribution in [3.63, 3.8) is 0 Å². The molecule has 0 fully saturated rings. The average molecular weight is 261 g/mol. The Balaban J connectivity index is 2.10. The maximum atomic E-state index is 12.2. The van der Waals surface area contributed by atoms with Crippen LogP contribution in [-0.2, 0) is 6.54 Å². The fourth-order valence-corrected chi connectivity index (χ4v) is 2.29. The first-order valence-corrected chi connectivity index (χ1v) is 6.55. The number of thiophene rings is 1. The summed E-state index contributed by atoms with van der Waals surface area (Å²) >= 11 is 1.63. The fraction of sp³-hybridized carbons (Fsp3) is 0.231. The summed E-state index contributed by atoms with van der Waals surface area (Å²) in [5.41, 5.74) is 2.48. The number of carbonyl (C=O) groups is 1. The summed E-state index contributed by atoms with van der Waals surface area (Å²) in [4.78, 5) is 18.0. The molecule has 18 heavy (non-hydrogen) atoms. The van der Waals surface area contributed by atoms with Gasteiger partial charge in [-0.25, -0.2) is 0 Å². The van der Waals surface area contributed by atoms with Crippen molar-refractivity contribution >= 4 is 22.9 Å². The molecule has 0 aliphatic rings. The van der Waals surface area contributed by atoms with E-state index in [1.165, 1.54) is 0 Å². The second-order valence-corrected chi connectivity index (χ2v) is 4.75. The quantitative estimate of drug-likeness (QED) is 0.919. The summed E-state index contributed by atoms with van der Waals surface area (Å²) in [6.45, 7) is 0.605. The van der Waals surface area contributed by atoms with Crippen LogP contribution in [0.1, 0.15) is 16.1 Å². The van der Waals surface area contributed by atoms with Gasteiger partial charge in [0, 0.05) is 32.5 Å². The molecule has 0 aliphatic carbocycles. The van der Waals surface area contributed by atoms with E-state index in [1.54, 1.807) is 35.5 Å². The van der Waals surface area contributed by atoms with Crippen LogP contribution in [0.5, 0.6) is 0 Å². The van der Waals surface area contributed by atoms with Crippen molar-refractivity contribution in [3.8, 4) is 0 Å². The number of nitrogens with zero attached hydrogens (tertiary/aromatic N) is 2. The summed E-state index contributed by atoms with van der Waals surface area (Å²) in [6.07, 6.45) is 1.64. The normalized spacial score (nSPS) is 10.1. The van der Waals surface area contributed by atoms with Crippen LogP contribution in [0.2, 0.25) is 0 Å². The summed E-state index contributed by atoms with van der Waals surface area (Å²) in [5, 5.41) is 7.05. The monoisotopic (exact) mass is 261 g/mol. The van der Waals surface area contributed by atoms with E-state index in [0.29, 0.717) is 12.2 Å². The fourth-order valence-electron chi connectivity index (χ4n) is 1.63. The van der Waals surface area contributed by atoms with Gasteiger partial charge in [0.15, 0.2) is 0 Å². The zero-order chi connectivity index (χ0) is 13.0. The molecule has 4 nitrogen and oxygen atoms in total. The minimum Gasteiger partial charge on any atom is -0.388 e. The molecule has 1 amide bonds. The van der Waals surface area contributed by atoms with Crippen LogP contribution in [0.25, 0.3) is 0 Å². The van der Waals surface area contributed by atoms with Crippen LogP contribution in [0.3, 0.4) is 0 Å². The molecular weight excluding hydrogens is 246 g/mol. The molecular formula is C13H15N3OS. The first-order valence-electron chi connectivity index (χ1n) is 5.61. The zero-order valence-electron chi connectivity index (χ0n) is 10.4. The molecule has 5 heteroatoms. The van der Waals surface area contributed by atoms with Gasteiger partial charge in [-0.05, 0) is 34.5 Å². The van der Waals surface area contributed by atoms with E-state index in [4.69, 9.17) is 0 Å². The van der Waals surface area contributed by atoms with Gasteiger partial charge >= 0.3 is 0 Å². The Morgan fingerprint density at radius 1 is 1.50 bits per heavy atom. The van der Waals surface area contributed by atoms with Crippen LogP contribution in [0.4, 0.5) is 5.69 Å². The summed E-state index contributed by atoms with van der Waals surface area (Å²) in [6, 6.07) is 5.61. The third kappa shape index (κ3) is 2.87. The largest absolute Gasteiger partial charge is 0.388 e. The minimum absolute atomic E-state index is 0.0710. The Morgan fingerprint density at radius 2 is 2.33 bits per heavy atom. The van der Waals surface area contributed by atoms with Gasteiger partial charge in [0.25, 0.3) is 5.91 Å². The molecule has 0 atom stereocenters. The highest BCUT2D eigenvalue weighted by atomic mass is 32.1. The second-order valence-electron chi connectivity index (χ2n) is 3.97. The van der Waals surface area contributed by atoms with E-state index in [1.807, 2.05) is 29.9 Å². The summed E-state index contributed by atoms with van der Waals surface area (Å²) in [7, 11) is 3.60. The van der Waals surface area contributed by atoms with Crippen molar-refractivity contribution < 1.29 is 4.79 Å². The molecule has 2 rings (SSSR count). The van der Waals surface area contributed by atoms with Crippen LogP contribution >= 0.6 is 11.3 Å². The number of nitrogens with one attached hydrogen (secondary N) is 1. The molecule has 94 valence electrons. The molecule has 2 aromatic rings. The molecule has 2 aromatic heterocycles. The number of anilines is 1. The van der Waals surface area contributed by atoms with Crippen molar-refractivity contribution in [3.05, 3.63) is 46.4 Å². The van der Waals surface area contributed by atoms with Crippen molar-refractivity contribution in [1.29, 1.82) is 0 Å². The van der Waals surface area contributed by atoms with Crippen LogP contribution < -0.4 is 5.32 Å². The van der Waals surface area contributed by atoms with Gasteiger partial charge in [0.2, 0.25) is 0 Å². The predicted molar refractivity (Wildman–Crippen MR) is 73.9 cm³/mol. The van der Waals surface area contributed by atoms with E-state index >= 15 is 0 Å². The SMILES string of the molecule is CNc1ccnc(C(=O)N(C)Cc2ccsc2)c1. The third-order valence-corrected chi connectivity index (χ3v) is 3.35. The second kappa shape index (κ2) is 5.64. The van der Waals surface area contributed by atoms with Gasteiger partial charge in [-0.15, -0.1) is 0 Å². The third-order valence-electron chi connectivity index (χ3n) is 2.61. The summed E-state index contributed by atoms with van der Waals surface area (Å²) in [5.74, 6) is -0.0710. The summed E-state index contributed by atoms with van der Waals surface area (Å²) < 4.78 is 0. The Bertz CT molecular complexity index is 525. The Kier molecular flexibility index (Phi) is 3.94. The van der Waals surface area contributed by atoms with Gasteiger partial charge in [-0.1, -0.05) is 0 Å². The Hall–Kier alpha value is -1.88. The lowest BCUT2D eigenvalue weighted by Crippen LogP contribution is -2.26. The molecule has 0 radical (unpaired) electrons.